The number of carbonyl (C=O) groups excluding carboxylic acids is 2. The summed E-state index contributed by atoms with van der Waals surface area (Å²) in [6.45, 7) is 9.64. The Morgan fingerprint density at radius 3 is 2.65 bits per heavy atom. The number of nitrogens with zero attached hydrogens (tertiary/aromatic N) is 1. The minimum atomic E-state index is -0.555. The third kappa shape index (κ3) is 10.8. The van der Waals surface area contributed by atoms with Crippen LogP contribution in [0.1, 0.15) is 79.6 Å². The Bertz CT molecular complexity index is 1300. The van der Waals surface area contributed by atoms with Crippen LogP contribution in [0.4, 0.5) is 4.79 Å². The Balaban J connectivity index is 1.57. The highest BCUT2D eigenvalue weighted by molar-refractivity contribution is 6.30. The van der Waals surface area contributed by atoms with Gasteiger partial charge in [0.15, 0.2) is 0 Å². The summed E-state index contributed by atoms with van der Waals surface area (Å²) in [5.74, 6) is 0.959. The lowest BCUT2D eigenvalue weighted by Gasteiger charge is -2.34. The highest BCUT2D eigenvalue weighted by atomic mass is 35.5. The number of halogens is 1. The summed E-state index contributed by atoms with van der Waals surface area (Å²) in [5.41, 5.74) is 2.78. The first-order valence-electron chi connectivity index (χ1n) is 16.2. The number of carbonyl (C=O) groups is 2. The average Bonchev–Trinajstić information content (AvgIpc) is 3.04. The lowest BCUT2D eigenvalue weighted by atomic mass is 9.92. The predicted molar refractivity (Wildman–Crippen MR) is 178 cm³/mol. The van der Waals surface area contributed by atoms with Crippen molar-refractivity contribution < 1.29 is 33.3 Å². The first kappa shape index (κ1) is 36.0. The number of benzene rings is 2. The number of fused-ring (bicyclic) bond motifs is 1. The first-order chi connectivity index (χ1) is 22.0. The van der Waals surface area contributed by atoms with Gasteiger partial charge >= 0.3 is 6.09 Å². The van der Waals surface area contributed by atoms with Crippen LogP contribution in [0.5, 0.6) is 5.75 Å². The number of rotatable bonds is 14. The van der Waals surface area contributed by atoms with Crippen molar-refractivity contribution in [2.75, 3.05) is 60.4 Å². The van der Waals surface area contributed by atoms with Gasteiger partial charge in [0.25, 0.3) is 5.91 Å². The molecule has 3 atom stereocenters. The highest BCUT2D eigenvalue weighted by Crippen LogP contribution is 2.36. The van der Waals surface area contributed by atoms with Gasteiger partial charge in [0, 0.05) is 48.5 Å². The van der Waals surface area contributed by atoms with E-state index in [1.54, 1.807) is 6.07 Å². The topological polar surface area (TPSA) is 108 Å². The third-order valence-electron chi connectivity index (χ3n) is 8.28. The molecule has 2 amide bonds. The molecular formula is C35H50ClN3O7. The second-order valence-corrected chi connectivity index (χ2v) is 13.5. The smallest absolute Gasteiger partial charge is 0.406 e. The maximum atomic E-state index is 14.0. The van der Waals surface area contributed by atoms with Crippen LogP contribution in [0.15, 0.2) is 36.4 Å². The van der Waals surface area contributed by atoms with Gasteiger partial charge in [0.05, 0.1) is 32.7 Å². The van der Waals surface area contributed by atoms with E-state index < -0.39 is 12.2 Å². The van der Waals surface area contributed by atoms with Gasteiger partial charge in [-0.3, -0.25) is 9.69 Å². The van der Waals surface area contributed by atoms with E-state index in [4.69, 9.17) is 30.5 Å². The molecule has 254 valence electrons. The van der Waals surface area contributed by atoms with Gasteiger partial charge in [0.1, 0.15) is 11.9 Å². The number of nitrogens with one attached hydrogen (secondary N) is 2. The monoisotopic (exact) mass is 659 g/mol. The predicted octanol–water partition coefficient (Wildman–Crippen LogP) is 5.75. The zero-order valence-electron chi connectivity index (χ0n) is 27.9. The van der Waals surface area contributed by atoms with Crippen molar-refractivity contribution in [3.63, 3.8) is 0 Å². The van der Waals surface area contributed by atoms with Gasteiger partial charge in [-0.1, -0.05) is 23.7 Å². The molecule has 3 unspecified atom stereocenters. The normalized spacial score (nSPS) is 17.8. The minimum Gasteiger partial charge on any atom is -0.493 e. The number of likely N-dealkylation sites (N-methyl/N-ethyl adjacent to an activating group) is 1. The van der Waals surface area contributed by atoms with Crippen LogP contribution in [0.3, 0.4) is 0 Å². The standard InChI is InChI=1S/C35H50ClN3O7/c1-35(2,3)46-23-39(4)28(17-24-9-7-14-43-22-24)21-38-33(40)30-19-26(20-31-29(30)12-8-15-44-31)32(25-10-6-11-27(36)18-25)45-16-13-37-34(41)42-5/h6,10-11,18-20,24,28,32H,7-9,12-17,21-23H2,1-5H3,(H,37,41)(H,38,40). The van der Waals surface area contributed by atoms with E-state index in [2.05, 4.69) is 20.3 Å². The van der Waals surface area contributed by atoms with E-state index in [1.165, 1.54) is 7.11 Å². The number of methoxy groups -OCH3 is 1. The summed E-state index contributed by atoms with van der Waals surface area (Å²) in [4.78, 5) is 27.8. The molecule has 0 saturated carbocycles. The van der Waals surface area contributed by atoms with Crippen LogP contribution in [-0.2, 0) is 25.4 Å². The second kappa shape index (κ2) is 17.3. The summed E-state index contributed by atoms with van der Waals surface area (Å²) >= 11 is 6.37. The molecule has 46 heavy (non-hydrogen) atoms. The Hall–Kier alpha value is -2.89. The van der Waals surface area contributed by atoms with Gasteiger partial charge in [-0.15, -0.1) is 0 Å². The number of alkyl carbamates (subject to hydrolysis) is 1. The molecule has 2 aromatic rings. The zero-order valence-corrected chi connectivity index (χ0v) is 28.6. The Labute approximate surface area is 278 Å². The molecule has 0 spiro atoms. The van der Waals surface area contributed by atoms with Gasteiger partial charge in [-0.25, -0.2) is 4.79 Å². The SMILES string of the molecule is COC(=O)NCCOC(c1cccc(Cl)c1)c1cc2c(c(C(=O)NCC(CC3CCCOC3)N(C)COC(C)(C)C)c1)CCCO2. The van der Waals surface area contributed by atoms with Crippen molar-refractivity contribution in [2.45, 2.75) is 70.6 Å². The molecule has 1 fully saturated rings. The molecule has 2 aromatic carbocycles. The zero-order chi connectivity index (χ0) is 33.1. The summed E-state index contributed by atoms with van der Waals surface area (Å²) in [6, 6.07) is 11.4. The van der Waals surface area contributed by atoms with E-state index >= 15 is 0 Å². The van der Waals surface area contributed by atoms with E-state index in [9.17, 15) is 9.59 Å². The summed E-state index contributed by atoms with van der Waals surface area (Å²) in [6.07, 6.45) is 3.55. The van der Waals surface area contributed by atoms with Crippen LogP contribution < -0.4 is 15.4 Å². The van der Waals surface area contributed by atoms with E-state index in [-0.39, 0.29) is 30.7 Å². The van der Waals surface area contributed by atoms with Crippen LogP contribution in [0, 0.1) is 5.92 Å². The molecule has 0 radical (unpaired) electrons. The van der Waals surface area contributed by atoms with Crippen LogP contribution in [-0.4, -0.2) is 88.9 Å². The summed E-state index contributed by atoms with van der Waals surface area (Å²) in [7, 11) is 3.36. The maximum Gasteiger partial charge on any atom is 0.406 e. The molecule has 4 rings (SSSR count). The average molecular weight is 660 g/mol. The summed E-state index contributed by atoms with van der Waals surface area (Å²) < 4.78 is 28.9. The van der Waals surface area contributed by atoms with Crippen molar-refractivity contribution >= 4 is 23.6 Å². The maximum absolute atomic E-state index is 14.0. The number of hydrogen-bond donors (Lipinski definition) is 2. The van der Waals surface area contributed by atoms with Crippen molar-refractivity contribution in [1.82, 2.24) is 15.5 Å². The van der Waals surface area contributed by atoms with Crippen molar-refractivity contribution in [1.29, 1.82) is 0 Å². The fraction of sp³-hybridized carbons (Fsp3) is 0.600. The molecular weight excluding hydrogens is 610 g/mol. The van der Waals surface area contributed by atoms with Crippen LogP contribution in [0.2, 0.25) is 5.02 Å². The molecule has 2 aliphatic rings. The largest absolute Gasteiger partial charge is 0.493 e. The minimum absolute atomic E-state index is 0.0677. The van der Waals surface area contributed by atoms with Gasteiger partial charge in [-0.2, -0.15) is 0 Å². The van der Waals surface area contributed by atoms with E-state index in [0.29, 0.717) is 42.1 Å². The molecule has 0 aromatic heterocycles. The Morgan fingerprint density at radius 1 is 1.11 bits per heavy atom. The second-order valence-electron chi connectivity index (χ2n) is 13.0. The van der Waals surface area contributed by atoms with Crippen molar-refractivity contribution in [3.05, 3.63) is 63.7 Å². The number of amides is 2. The van der Waals surface area contributed by atoms with E-state index in [0.717, 1.165) is 62.0 Å². The molecule has 2 heterocycles. The van der Waals surface area contributed by atoms with Gasteiger partial charge < -0.3 is 34.3 Å². The Kier molecular flexibility index (Phi) is 13.5. The van der Waals surface area contributed by atoms with Crippen molar-refractivity contribution in [2.24, 2.45) is 5.92 Å². The molecule has 2 aliphatic heterocycles. The van der Waals surface area contributed by atoms with Gasteiger partial charge in [0.2, 0.25) is 0 Å². The fourth-order valence-electron chi connectivity index (χ4n) is 5.80. The Morgan fingerprint density at radius 2 is 1.93 bits per heavy atom. The van der Waals surface area contributed by atoms with Crippen molar-refractivity contribution in [3.8, 4) is 5.75 Å². The van der Waals surface area contributed by atoms with Crippen LogP contribution in [0.25, 0.3) is 0 Å². The number of ether oxygens (including phenoxy) is 5. The molecule has 0 bridgehead atoms. The first-order valence-corrected chi connectivity index (χ1v) is 16.6. The lowest BCUT2D eigenvalue weighted by molar-refractivity contribution is -0.0715. The molecule has 1 saturated heterocycles. The molecule has 0 aliphatic carbocycles. The third-order valence-corrected chi connectivity index (χ3v) is 8.52. The fourth-order valence-corrected chi connectivity index (χ4v) is 6.00. The summed E-state index contributed by atoms with van der Waals surface area (Å²) in [5, 5.41) is 6.46. The lowest BCUT2D eigenvalue weighted by Crippen LogP contribution is -2.45. The quantitative estimate of drug-likeness (QED) is 0.195. The van der Waals surface area contributed by atoms with Crippen LogP contribution >= 0.6 is 11.6 Å². The van der Waals surface area contributed by atoms with Gasteiger partial charge in [-0.05, 0) is 101 Å². The number of hydrogen-bond acceptors (Lipinski definition) is 8. The van der Waals surface area contributed by atoms with E-state index in [1.807, 2.05) is 58.2 Å². The molecule has 11 heteroatoms. The molecule has 2 N–H and O–H groups in total. The molecule has 10 nitrogen and oxygen atoms in total. The highest BCUT2D eigenvalue weighted by Gasteiger charge is 2.28.